The molecule has 4 aromatic carbocycles. The van der Waals surface area contributed by atoms with E-state index < -0.39 is 18.1 Å². The smallest absolute Gasteiger partial charge is 0.332 e. The minimum atomic E-state index is -0.672. The second-order valence-electron chi connectivity index (χ2n) is 10.5. The standard InChI is InChI=1S/C34H28N4O4/c1-42-25-11-7-10-23(18-25)31-30-27(26-12-5-6-13-28(26)36-30)19-29-33(40)37(34(41)38(29)31)24-16-14-22(15-17-24)32(39)35-20-21-8-3-2-4-9-21/h2-18,29,31,36H,19-20H2,1H3,(H,35,39). The first-order valence-corrected chi connectivity index (χ1v) is 13.9. The van der Waals surface area contributed by atoms with Gasteiger partial charge in [0.25, 0.3) is 11.8 Å². The highest BCUT2D eigenvalue weighted by molar-refractivity contribution is 6.22. The Morgan fingerprint density at radius 1 is 0.929 bits per heavy atom. The predicted octanol–water partition coefficient (Wildman–Crippen LogP) is 5.59. The van der Waals surface area contributed by atoms with E-state index in [1.54, 1.807) is 36.3 Å². The van der Waals surface area contributed by atoms with Crippen LogP contribution in [-0.2, 0) is 17.8 Å². The summed E-state index contributed by atoms with van der Waals surface area (Å²) in [5.41, 5.74) is 5.62. The number of ether oxygens (including phenoxy) is 1. The van der Waals surface area contributed by atoms with E-state index in [1.165, 1.54) is 4.90 Å². The third-order valence-electron chi connectivity index (χ3n) is 8.14. The molecule has 7 rings (SSSR count). The molecule has 0 aliphatic carbocycles. The number of methoxy groups -OCH3 is 1. The van der Waals surface area contributed by atoms with Crippen LogP contribution in [0.5, 0.6) is 5.75 Å². The number of nitrogens with one attached hydrogen (secondary N) is 2. The minimum absolute atomic E-state index is 0.231. The van der Waals surface area contributed by atoms with Gasteiger partial charge in [-0.15, -0.1) is 0 Å². The first kappa shape index (κ1) is 25.6. The van der Waals surface area contributed by atoms with Crippen molar-refractivity contribution in [1.82, 2.24) is 15.2 Å². The van der Waals surface area contributed by atoms with Gasteiger partial charge in [-0.1, -0.05) is 60.7 Å². The summed E-state index contributed by atoms with van der Waals surface area (Å²) in [5, 5.41) is 3.96. The molecule has 42 heavy (non-hydrogen) atoms. The van der Waals surface area contributed by atoms with Crippen LogP contribution < -0.4 is 15.0 Å². The zero-order valence-corrected chi connectivity index (χ0v) is 22.9. The number of fused-ring (bicyclic) bond motifs is 4. The van der Waals surface area contributed by atoms with E-state index in [-0.39, 0.29) is 11.8 Å². The summed E-state index contributed by atoms with van der Waals surface area (Å²) < 4.78 is 5.49. The van der Waals surface area contributed by atoms with Crippen molar-refractivity contribution < 1.29 is 19.1 Å². The average molecular weight is 557 g/mol. The molecule has 2 aliphatic heterocycles. The minimum Gasteiger partial charge on any atom is -0.497 e. The van der Waals surface area contributed by atoms with Crippen LogP contribution in [0.2, 0.25) is 0 Å². The number of carbonyl (C=O) groups excluding carboxylic acids is 3. The molecule has 5 aromatic rings. The third-order valence-corrected chi connectivity index (χ3v) is 8.14. The number of nitrogens with zero attached hydrogens (tertiary/aromatic N) is 2. The number of rotatable bonds is 6. The Balaban J connectivity index is 1.21. The lowest BCUT2D eigenvalue weighted by atomic mass is 9.89. The van der Waals surface area contributed by atoms with E-state index in [2.05, 4.69) is 10.3 Å². The van der Waals surface area contributed by atoms with Crippen molar-refractivity contribution >= 4 is 34.4 Å². The summed E-state index contributed by atoms with van der Waals surface area (Å²) in [4.78, 5) is 47.3. The number of carbonyl (C=O) groups is 3. The molecule has 1 aromatic heterocycles. The van der Waals surface area contributed by atoms with Gasteiger partial charge in [0, 0.05) is 35.1 Å². The Morgan fingerprint density at radius 3 is 2.48 bits per heavy atom. The number of imide groups is 1. The molecule has 208 valence electrons. The molecule has 1 fully saturated rings. The van der Waals surface area contributed by atoms with E-state index in [4.69, 9.17) is 4.74 Å². The first-order chi connectivity index (χ1) is 20.5. The van der Waals surface area contributed by atoms with Gasteiger partial charge in [0.2, 0.25) is 0 Å². The fourth-order valence-electron chi connectivity index (χ4n) is 6.11. The summed E-state index contributed by atoms with van der Waals surface area (Å²) >= 11 is 0. The van der Waals surface area contributed by atoms with Crippen molar-refractivity contribution in [3.8, 4) is 5.75 Å². The molecule has 0 spiro atoms. The van der Waals surface area contributed by atoms with Crippen LogP contribution in [0.25, 0.3) is 10.9 Å². The maximum Gasteiger partial charge on any atom is 0.332 e. The Bertz CT molecular complexity index is 1830. The molecular formula is C34H28N4O4. The number of H-pyrrole nitrogens is 1. The quantitative estimate of drug-likeness (QED) is 0.267. The molecule has 4 amide bonds. The average Bonchev–Trinajstić information content (AvgIpc) is 3.53. The van der Waals surface area contributed by atoms with E-state index >= 15 is 0 Å². The summed E-state index contributed by atoms with van der Waals surface area (Å²) in [6, 6.07) is 30.3. The van der Waals surface area contributed by atoms with Gasteiger partial charge in [-0.05, 0) is 59.2 Å². The molecule has 0 bridgehead atoms. The maximum atomic E-state index is 14.1. The predicted molar refractivity (Wildman–Crippen MR) is 159 cm³/mol. The number of aromatic nitrogens is 1. The lowest BCUT2D eigenvalue weighted by Crippen LogP contribution is -2.44. The monoisotopic (exact) mass is 556 g/mol. The molecule has 0 radical (unpaired) electrons. The third kappa shape index (κ3) is 4.19. The number of amides is 4. The van der Waals surface area contributed by atoms with Crippen LogP contribution >= 0.6 is 0 Å². The van der Waals surface area contributed by atoms with E-state index in [0.717, 1.165) is 33.3 Å². The van der Waals surface area contributed by atoms with Gasteiger partial charge in [0.05, 0.1) is 12.8 Å². The van der Waals surface area contributed by atoms with E-state index in [1.807, 2.05) is 78.9 Å². The fourth-order valence-corrected chi connectivity index (χ4v) is 6.11. The number of aromatic amines is 1. The zero-order valence-electron chi connectivity index (χ0n) is 22.9. The topological polar surface area (TPSA) is 94.7 Å². The van der Waals surface area contributed by atoms with Crippen LogP contribution in [0.15, 0.2) is 103 Å². The van der Waals surface area contributed by atoms with Crippen molar-refractivity contribution in [2.24, 2.45) is 0 Å². The van der Waals surface area contributed by atoms with Crippen LogP contribution in [-0.4, -0.2) is 40.9 Å². The maximum absolute atomic E-state index is 14.1. The molecule has 8 heteroatoms. The second-order valence-corrected chi connectivity index (χ2v) is 10.5. The Labute approximate surface area is 242 Å². The number of para-hydroxylation sites is 1. The lowest BCUT2D eigenvalue weighted by Gasteiger charge is -2.36. The summed E-state index contributed by atoms with van der Waals surface area (Å²) in [6.07, 6.45) is 0.404. The lowest BCUT2D eigenvalue weighted by molar-refractivity contribution is -0.120. The number of benzene rings is 4. The van der Waals surface area contributed by atoms with Gasteiger partial charge in [0.1, 0.15) is 17.8 Å². The van der Waals surface area contributed by atoms with E-state index in [0.29, 0.717) is 30.0 Å². The number of anilines is 1. The highest BCUT2D eigenvalue weighted by Gasteiger charge is 2.53. The van der Waals surface area contributed by atoms with Crippen molar-refractivity contribution in [3.63, 3.8) is 0 Å². The molecule has 2 N–H and O–H groups in total. The second kappa shape index (κ2) is 10.2. The van der Waals surface area contributed by atoms with Crippen LogP contribution in [0.4, 0.5) is 10.5 Å². The largest absolute Gasteiger partial charge is 0.497 e. The van der Waals surface area contributed by atoms with Crippen LogP contribution in [0.3, 0.4) is 0 Å². The van der Waals surface area contributed by atoms with Crippen molar-refractivity contribution in [2.45, 2.75) is 25.0 Å². The summed E-state index contributed by atoms with van der Waals surface area (Å²) in [5.74, 6) is 0.152. The molecule has 3 heterocycles. The normalized spacial score (nSPS) is 17.7. The molecule has 2 unspecified atom stereocenters. The molecular weight excluding hydrogens is 528 g/mol. The SMILES string of the molecule is COc1cccc(C2c3[nH]c4ccccc4c3CC3C(=O)N(c4ccc(C(=O)NCc5ccccc5)cc4)C(=O)N32)c1. The van der Waals surface area contributed by atoms with Gasteiger partial charge < -0.3 is 15.0 Å². The molecule has 0 saturated carbocycles. The van der Waals surface area contributed by atoms with Gasteiger partial charge in [-0.3, -0.25) is 14.5 Å². The Kier molecular flexibility index (Phi) is 6.23. The first-order valence-electron chi connectivity index (χ1n) is 13.9. The van der Waals surface area contributed by atoms with Crippen LogP contribution in [0.1, 0.15) is 38.8 Å². The van der Waals surface area contributed by atoms with Crippen molar-refractivity contribution in [1.29, 1.82) is 0 Å². The Hall–Kier alpha value is -5.37. The zero-order chi connectivity index (χ0) is 28.8. The van der Waals surface area contributed by atoms with Gasteiger partial charge in [-0.25, -0.2) is 9.69 Å². The van der Waals surface area contributed by atoms with Crippen molar-refractivity contribution in [2.75, 3.05) is 12.0 Å². The molecule has 1 saturated heterocycles. The van der Waals surface area contributed by atoms with Crippen molar-refractivity contribution in [3.05, 3.63) is 131 Å². The molecule has 2 atom stereocenters. The van der Waals surface area contributed by atoms with Gasteiger partial charge in [0.15, 0.2) is 0 Å². The molecule has 2 aliphatic rings. The number of urea groups is 1. The van der Waals surface area contributed by atoms with E-state index in [9.17, 15) is 14.4 Å². The molecule has 8 nitrogen and oxygen atoms in total. The summed E-state index contributed by atoms with van der Waals surface area (Å²) in [7, 11) is 1.61. The van der Waals surface area contributed by atoms with Gasteiger partial charge >= 0.3 is 6.03 Å². The Morgan fingerprint density at radius 2 is 1.69 bits per heavy atom. The summed E-state index contributed by atoms with van der Waals surface area (Å²) in [6.45, 7) is 0.404. The number of hydrogen-bond donors (Lipinski definition) is 2. The van der Waals surface area contributed by atoms with Gasteiger partial charge in [-0.2, -0.15) is 0 Å². The highest BCUT2D eigenvalue weighted by atomic mass is 16.5. The number of hydrogen-bond acceptors (Lipinski definition) is 4. The fraction of sp³-hybridized carbons (Fsp3) is 0.147. The van der Waals surface area contributed by atoms with Crippen LogP contribution in [0, 0.1) is 0 Å². The highest BCUT2D eigenvalue weighted by Crippen LogP contribution is 2.45.